The number of hydrogen-bond acceptors (Lipinski definition) is 5. The molecule has 0 unspecified atom stereocenters. The minimum Gasteiger partial charge on any atom is -0.349 e. The van der Waals surface area contributed by atoms with Crippen LogP contribution in [0.5, 0.6) is 0 Å². The number of piperidine rings is 1. The van der Waals surface area contributed by atoms with Crippen molar-refractivity contribution < 1.29 is 4.79 Å². The van der Waals surface area contributed by atoms with Crippen molar-refractivity contribution in [2.75, 3.05) is 31.1 Å². The molecule has 1 amide bonds. The van der Waals surface area contributed by atoms with Gasteiger partial charge in [0.1, 0.15) is 11.0 Å². The number of likely N-dealkylation sites (tertiary alicyclic amines) is 1. The molecule has 0 N–H and O–H groups in total. The molecule has 1 aliphatic heterocycles. The summed E-state index contributed by atoms with van der Waals surface area (Å²) in [6.45, 7) is 10.6. The van der Waals surface area contributed by atoms with E-state index in [1.54, 1.807) is 6.07 Å². The van der Waals surface area contributed by atoms with Gasteiger partial charge in [-0.3, -0.25) is 4.79 Å². The molecule has 2 aromatic rings. The molecular formula is C23H27ClN4OS. The second-order valence-corrected chi connectivity index (χ2v) is 8.48. The molecule has 0 aliphatic carbocycles. The number of benzene rings is 1. The molecule has 1 aliphatic rings. The van der Waals surface area contributed by atoms with E-state index < -0.39 is 0 Å². The Kier molecular flexibility index (Phi) is 8.34. The van der Waals surface area contributed by atoms with Crippen LogP contribution in [0.2, 0.25) is 5.15 Å². The normalized spacial score (nSPS) is 13.7. The fourth-order valence-corrected chi connectivity index (χ4v) is 4.39. The molecule has 5 nitrogen and oxygen atoms in total. The summed E-state index contributed by atoms with van der Waals surface area (Å²) < 4.78 is 0. The maximum Gasteiger partial charge on any atom is 0.253 e. The highest BCUT2D eigenvalue weighted by Crippen LogP contribution is 2.25. The van der Waals surface area contributed by atoms with Gasteiger partial charge in [-0.15, -0.1) is 13.2 Å². The Balaban J connectivity index is 1.64. The molecule has 0 radical (unpaired) electrons. The fraction of sp³-hybridized carbons (Fsp3) is 0.348. The van der Waals surface area contributed by atoms with Gasteiger partial charge < -0.3 is 9.80 Å². The third kappa shape index (κ3) is 6.09. The number of thioether (sulfide) groups is 1. The Morgan fingerprint density at radius 2 is 1.77 bits per heavy atom. The number of nitrogens with zero attached hydrogens (tertiary/aromatic N) is 4. The summed E-state index contributed by atoms with van der Waals surface area (Å²) in [7, 11) is 0. The summed E-state index contributed by atoms with van der Waals surface area (Å²) in [5, 5.41) is 1.02. The van der Waals surface area contributed by atoms with Gasteiger partial charge in [-0.25, -0.2) is 9.97 Å². The Hall–Kier alpha value is -2.31. The lowest BCUT2D eigenvalue weighted by molar-refractivity contribution is 0.0724. The smallest absolute Gasteiger partial charge is 0.253 e. The zero-order valence-corrected chi connectivity index (χ0v) is 18.7. The molecule has 0 spiro atoms. The molecule has 1 aromatic carbocycles. The van der Waals surface area contributed by atoms with Crippen LogP contribution in [0.25, 0.3) is 0 Å². The lowest BCUT2D eigenvalue weighted by atomic mass is 10.1. The SMILES string of the molecule is C=CCN(CC=C)c1cc(Cl)nc(SCc2ccc(C(=O)N3CCCCC3)cc2)n1. The highest BCUT2D eigenvalue weighted by atomic mass is 35.5. The van der Waals surface area contributed by atoms with Gasteiger partial charge in [-0.05, 0) is 37.0 Å². The van der Waals surface area contributed by atoms with Crippen LogP contribution in [0, 0.1) is 0 Å². The van der Waals surface area contributed by atoms with Crippen LogP contribution in [-0.4, -0.2) is 47.0 Å². The van der Waals surface area contributed by atoms with E-state index in [9.17, 15) is 4.79 Å². The molecule has 2 heterocycles. The van der Waals surface area contributed by atoms with Crippen LogP contribution in [0.1, 0.15) is 35.2 Å². The summed E-state index contributed by atoms with van der Waals surface area (Å²) in [6, 6.07) is 9.56. The third-order valence-electron chi connectivity index (χ3n) is 4.90. The number of carbonyl (C=O) groups excluding carboxylic acids is 1. The lowest BCUT2D eigenvalue weighted by Gasteiger charge is -2.26. The zero-order chi connectivity index (χ0) is 21.3. The average Bonchev–Trinajstić information content (AvgIpc) is 2.77. The largest absolute Gasteiger partial charge is 0.349 e. The van der Waals surface area contributed by atoms with Crippen molar-refractivity contribution in [2.24, 2.45) is 0 Å². The van der Waals surface area contributed by atoms with Gasteiger partial charge in [0.15, 0.2) is 5.16 Å². The average molecular weight is 443 g/mol. The fourth-order valence-electron chi connectivity index (χ4n) is 3.36. The summed E-state index contributed by atoms with van der Waals surface area (Å²) in [4.78, 5) is 25.5. The van der Waals surface area contributed by atoms with Crippen molar-refractivity contribution in [3.05, 3.63) is 71.9 Å². The van der Waals surface area contributed by atoms with Crippen molar-refractivity contribution in [3.8, 4) is 0 Å². The van der Waals surface area contributed by atoms with E-state index in [0.717, 1.165) is 42.9 Å². The van der Waals surface area contributed by atoms with E-state index >= 15 is 0 Å². The number of carbonyl (C=O) groups is 1. The Bertz CT molecular complexity index is 871. The molecule has 7 heteroatoms. The van der Waals surface area contributed by atoms with Gasteiger partial charge in [-0.2, -0.15) is 0 Å². The number of anilines is 1. The number of halogens is 1. The van der Waals surface area contributed by atoms with E-state index in [2.05, 4.69) is 23.1 Å². The van der Waals surface area contributed by atoms with Gasteiger partial charge in [0.2, 0.25) is 0 Å². The standard InChI is InChI=1S/C23H27ClN4OS/c1-3-12-27(13-4-2)21-16-20(24)25-23(26-21)30-17-18-8-10-19(11-9-18)22(29)28-14-6-5-7-15-28/h3-4,8-11,16H,1-2,5-7,12-15,17H2. The topological polar surface area (TPSA) is 49.3 Å². The van der Waals surface area contributed by atoms with Gasteiger partial charge in [0.25, 0.3) is 5.91 Å². The van der Waals surface area contributed by atoms with Crippen LogP contribution in [0.4, 0.5) is 5.82 Å². The first-order valence-electron chi connectivity index (χ1n) is 10.1. The van der Waals surface area contributed by atoms with Gasteiger partial charge >= 0.3 is 0 Å². The first kappa shape index (κ1) is 22.4. The summed E-state index contributed by atoms with van der Waals surface area (Å²) >= 11 is 7.74. The van der Waals surface area contributed by atoms with E-state index in [1.807, 2.05) is 46.2 Å². The molecule has 0 bridgehead atoms. The maximum absolute atomic E-state index is 12.6. The van der Waals surface area contributed by atoms with E-state index in [1.165, 1.54) is 18.2 Å². The number of rotatable bonds is 9. The number of amides is 1. The minimum atomic E-state index is 0.126. The predicted molar refractivity (Wildman–Crippen MR) is 125 cm³/mol. The molecule has 0 atom stereocenters. The van der Waals surface area contributed by atoms with Crippen LogP contribution in [0.3, 0.4) is 0 Å². The Labute approximate surface area is 187 Å². The minimum absolute atomic E-state index is 0.126. The molecule has 158 valence electrons. The number of hydrogen-bond donors (Lipinski definition) is 0. The first-order valence-corrected chi connectivity index (χ1v) is 11.5. The maximum atomic E-state index is 12.6. The van der Waals surface area contributed by atoms with Gasteiger partial charge in [0.05, 0.1) is 0 Å². The van der Waals surface area contributed by atoms with Crippen molar-refractivity contribution in [1.29, 1.82) is 0 Å². The van der Waals surface area contributed by atoms with Crippen molar-refractivity contribution in [2.45, 2.75) is 30.2 Å². The molecular weight excluding hydrogens is 416 g/mol. The first-order chi connectivity index (χ1) is 14.6. The molecule has 0 saturated carbocycles. The van der Waals surface area contributed by atoms with Crippen LogP contribution < -0.4 is 4.90 Å². The lowest BCUT2D eigenvalue weighted by Crippen LogP contribution is -2.35. The Morgan fingerprint density at radius 1 is 1.10 bits per heavy atom. The number of aromatic nitrogens is 2. The van der Waals surface area contributed by atoms with Crippen molar-refractivity contribution >= 4 is 35.1 Å². The molecule has 3 rings (SSSR count). The Morgan fingerprint density at radius 3 is 2.40 bits per heavy atom. The second-order valence-electron chi connectivity index (χ2n) is 7.15. The second kappa shape index (κ2) is 11.2. The van der Waals surface area contributed by atoms with Crippen LogP contribution in [-0.2, 0) is 5.75 Å². The molecule has 1 aromatic heterocycles. The quantitative estimate of drug-likeness (QED) is 0.230. The third-order valence-corrected chi connectivity index (χ3v) is 6.01. The summed E-state index contributed by atoms with van der Waals surface area (Å²) in [5.74, 6) is 1.57. The van der Waals surface area contributed by atoms with Gasteiger partial charge in [-0.1, -0.05) is 47.6 Å². The molecule has 30 heavy (non-hydrogen) atoms. The highest BCUT2D eigenvalue weighted by molar-refractivity contribution is 7.98. The van der Waals surface area contributed by atoms with E-state index in [-0.39, 0.29) is 5.91 Å². The molecule has 1 fully saturated rings. The molecule has 1 saturated heterocycles. The van der Waals surface area contributed by atoms with Crippen LogP contribution in [0.15, 0.2) is 60.8 Å². The van der Waals surface area contributed by atoms with E-state index in [4.69, 9.17) is 11.6 Å². The highest BCUT2D eigenvalue weighted by Gasteiger charge is 2.18. The summed E-state index contributed by atoms with van der Waals surface area (Å²) in [5.41, 5.74) is 1.85. The van der Waals surface area contributed by atoms with Crippen LogP contribution >= 0.6 is 23.4 Å². The van der Waals surface area contributed by atoms with Gasteiger partial charge in [0, 0.05) is 43.6 Å². The van der Waals surface area contributed by atoms with Crippen molar-refractivity contribution in [1.82, 2.24) is 14.9 Å². The van der Waals surface area contributed by atoms with Crippen molar-refractivity contribution in [3.63, 3.8) is 0 Å². The monoisotopic (exact) mass is 442 g/mol. The summed E-state index contributed by atoms with van der Waals surface area (Å²) in [6.07, 6.45) is 7.04. The predicted octanol–water partition coefficient (Wildman–Crippen LogP) is 5.23. The van der Waals surface area contributed by atoms with E-state index in [0.29, 0.717) is 29.2 Å². The zero-order valence-electron chi connectivity index (χ0n) is 17.1.